The lowest BCUT2D eigenvalue weighted by Gasteiger charge is -1.99. The molecule has 1 N–H and O–H groups in total. The Labute approximate surface area is 108 Å². The molecule has 0 fully saturated rings. The van der Waals surface area contributed by atoms with Crippen molar-refractivity contribution in [2.75, 3.05) is 6.61 Å². The first-order valence-electron chi connectivity index (χ1n) is 7.67. The van der Waals surface area contributed by atoms with Crippen molar-refractivity contribution in [3.8, 4) is 0 Å². The average molecular weight is 240 g/mol. The minimum Gasteiger partial charge on any atom is -0.396 e. The van der Waals surface area contributed by atoms with Gasteiger partial charge in [-0.05, 0) is 32.1 Å². The Morgan fingerprint density at radius 2 is 1.12 bits per heavy atom. The highest BCUT2D eigenvalue weighted by molar-refractivity contribution is 4.81. The maximum atomic E-state index is 8.62. The van der Waals surface area contributed by atoms with Crippen LogP contribution in [0.4, 0.5) is 0 Å². The topological polar surface area (TPSA) is 20.2 Å². The molecule has 0 saturated heterocycles. The molecule has 0 aromatic rings. The molecule has 0 aromatic heterocycles. The van der Waals surface area contributed by atoms with Gasteiger partial charge in [-0.2, -0.15) is 0 Å². The first-order chi connectivity index (χ1) is 8.41. The molecule has 0 bridgehead atoms. The predicted octanol–water partition coefficient (Wildman–Crippen LogP) is 5.24. The smallest absolute Gasteiger partial charge is 0.0431 e. The van der Waals surface area contributed by atoms with Gasteiger partial charge in [-0.25, -0.2) is 0 Å². The zero-order valence-electron chi connectivity index (χ0n) is 11.8. The summed E-state index contributed by atoms with van der Waals surface area (Å²) in [4.78, 5) is 0. The van der Waals surface area contributed by atoms with Crippen LogP contribution < -0.4 is 0 Å². The van der Waals surface area contributed by atoms with E-state index in [0.717, 1.165) is 19.3 Å². The fraction of sp³-hybridized carbons (Fsp3) is 0.875. The summed E-state index contributed by atoms with van der Waals surface area (Å²) in [5.74, 6) is 0. The van der Waals surface area contributed by atoms with E-state index in [0.29, 0.717) is 6.61 Å². The fourth-order valence-electron chi connectivity index (χ4n) is 2.01. The molecule has 0 heterocycles. The van der Waals surface area contributed by atoms with Crippen LogP contribution in [0, 0.1) is 0 Å². The van der Waals surface area contributed by atoms with E-state index < -0.39 is 0 Å². The fourth-order valence-corrected chi connectivity index (χ4v) is 2.01. The summed E-state index contributed by atoms with van der Waals surface area (Å²) in [7, 11) is 0. The second-order valence-corrected chi connectivity index (χ2v) is 4.95. The minimum absolute atomic E-state index is 0.339. The molecule has 0 amide bonds. The molecule has 0 saturated carbocycles. The lowest BCUT2D eigenvalue weighted by molar-refractivity contribution is 0.285. The van der Waals surface area contributed by atoms with Crippen molar-refractivity contribution in [3.63, 3.8) is 0 Å². The van der Waals surface area contributed by atoms with Gasteiger partial charge in [0.15, 0.2) is 0 Å². The van der Waals surface area contributed by atoms with Crippen LogP contribution in [0.3, 0.4) is 0 Å². The number of allylic oxidation sites excluding steroid dienone is 2. The number of hydrogen-bond acceptors (Lipinski definition) is 1. The van der Waals surface area contributed by atoms with Crippen molar-refractivity contribution in [1.82, 2.24) is 0 Å². The van der Waals surface area contributed by atoms with Crippen LogP contribution in [0.2, 0.25) is 0 Å². The van der Waals surface area contributed by atoms with E-state index in [2.05, 4.69) is 19.1 Å². The van der Waals surface area contributed by atoms with Crippen LogP contribution in [0.1, 0.15) is 84.0 Å². The van der Waals surface area contributed by atoms with Crippen molar-refractivity contribution in [2.45, 2.75) is 84.0 Å². The maximum Gasteiger partial charge on any atom is 0.0431 e. The third kappa shape index (κ3) is 15.7. The number of hydrogen-bond donors (Lipinski definition) is 1. The van der Waals surface area contributed by atoms with Gasteiger partial charge in [-0.3, -0.25) is 0 Å². The standard InChI is InChI=1S/C16H32O/c1-2-3-4-5-6-7-8-9-10-11-12-13-14-15-16-17/h11-12,17H,2-10,13-16H2,1H3/b12-11+. The highest BCUT2D eigenvalue weighted by Crippen LogP contribution is 2.09. The second-order valence-electron chi connectivity index (χ2n) is 4.95. The van der Waals surface area contributed by atoms with E-state index in [1.165, 1.54) is 57.8 Å². The van der Waals surface area contributed by atoms with Crippen molar-refractivity contribution < 1.29 is 5.11 Å². The van der Waals surface area contributed by atoms with Gasteiger partial charge in [0.25, 0.3) is 0 Å². The van der Waals surface area contributed by atoms with Crippen LogP contribution in [0.15, 0.2) is 12.2 Å². The maximum absolute atomic E-state index is 8.62. The molecule has 0 aliphatic heterocycles. The molecule has 0 aromatic carbocycles. The van der Waals surface area contributed by atoms with Crippen molar-refractivity contribution in [2.24, 2.45) is 0 Å². The minimum atomic E-state index is 0.339. The molecular formula is C16H32O. The van der Waals surface area contributed by atoms with Gasteiger partial charge in [0, 0.05) is 6.61 Å². The van der Waals surface area contributed by atoms with Crippen LogP contribution in [0.5, 0.6) is 0 Å². The lowest BCUT2D eigenvalue weighted by Crippen LogP contribution is -1.81. The molecule has 0 radical (unpaired) electrons. The molecule has 102 valence electrons. The Bertz CT molecular complexity index is 152. The summed E-state index contributed by atoms with van der Waals surface area (Å²) in [6.45, 7) is 2.61. The summed E-state index contributed by atoms with van der Waals surface area (Å²) in [5.41, 5.74) is 0. The Balaban J connectivity index is 2.97. The highest BCUT2D eigenvalue weighted by Gasteiger charge is 1.90. The van der Waals surface area contributed by atoms with E-state index >= 15 is 0 Å². The third-order valence-corrected chi connectivity index (χ3v) is 3.17. The Hall–Kier alpha value is -0.300. The molecule has 1 heteroatoms. The van der Waals surface area contributed by atoms with Crippen LogP contribution >= 0.6 is 0 Å². The quantitative estimate of drug-likeness (QED) is 0.345. The highest BCUT2D eigenvalue weighted by atomic mass is 16.2. The van der Waals surface area contributed by atoms with Gasteiger partial charge in [-0.15, -0.1) is 0 Å². The largest absolute Gasteiger partial charge is 0.396 e. The normalized spacial score (nSPS) is 11.4. The van der Waals surface area contributed by atoms with Crippen molar-refractivity contribution in [3.05, 3.63) is 12.2 Å². The van der Waals surface area contributed by atoms with Gasteiger partial charge in [0.05, 0.1) is 0 Å². The molecule has 0 atom stereocenters. The van der Waals surface area contributed by atoms with E-state index in [1.807, 2.05) is 0 Å². The Morgan fingerprint density at radius 1 is 0.647 bits per heavy atom. The molecule has 0 spiro atoms. The van der Waals surface area contributed by atoms with Gasteiger partial charge < -0.3 is 5.11 Å². The number of aliphatic hydroxyl groups excluding tert-OH is 1. The Kier molecular flexibility index (Phi) is 15.4. The number of aliphatic hydroxyl groups is 1. The number of unbranched alkanes of at least 4 members (excludes halogenated alkanes) is 10. The van der Waals surface area contributed by atoms with Gasteiger partial charge >= 0.3 is 0 Å². The summed E-state index contributed by atoms with van der Waals surface area (Å²) in [5, 5.41) is 8.62. The molecule has 0 rings (SSSR count). The molecular weight excluding hydrogens is 208 g/mol. The molecule has 0 unspecified atom stereocenters. The first-order valence-corrected chi connectivity index (χ1v) is 7.67. The van der Waals surface area contributed by atoms with Gasteiger partial charge in [0.1, 0.15) is 0 Å². The molecule has 1 nitrogen and oxygen atoms in total. The van der Waals surface area contributed by atoms with E-state index in [-0.39, 0.29) is 0 Å². The average Bonchev–Trinajstić information content (AvgIpc) is 2.35. The van der Waals surface area contributed by atoms with E-state index in [9.17, 15) is 0 Å². The van der Waals surface area contributed by atoms with Crippen LogP contribution in [-0.2, 0) is 0 Å². The monoisotopic (exact) mass is 240 g/mol. The van der Waals surface area contributed by atoms with Crippen molar-refractivity contribution in [1.29, 1.82) is 0 Å². The molecule has 0 aliphatic carbocycles. The van der Waals surface area contributed by atoms with E-state index in [1.54, 1.807) is 0 Å². The first kappa shape index (κ1) is 16.7. The summed E-state index contributed by atoms with van der Waals surface area (Å²) >= 11 is 0. The SMILES string of the molecule is CCCCCCCCCC/C=C/CCCCO. The van der Waals surface area contributed by atoms with Crippen LogP contribution in [-0.4, -0.2) is 11.7 Å². The van der Waals surface area contributed by atoms with Gasteiger partial charge in [0.2, 0.25) is 0 Å². The summed E-state index contributed by atoms with van der Waals surface area (Å²) in [6.07, 6.45) is 20.3. The summed E-state index contributed by atoms with van der Waals surface area (Å²) in [6, 6.07) is 0. The second kappa shape index (κ2) is 15.7. The predicted molar refractivity (Wildman–Crippen MR) is 77.3 cm³/mol. The zero-order valence-corrected chi connectivity index (χ0v) is 11.8. The van der Waals surface area contributed by atoms with E-state index in [4.69, 9.17) is 5.11 Å². The van der Waals surface area contributed by atoms with Crippen LogP contribution in [0.25, 0.3) is 0 Å². The summed E-state index contributed by atoms with van der Waals surface area (Å²) < 4.78 is 0. The Morgan fingerprint density at radius 3 is 1.65 bits per heavy atom. The third-order valence-electron chi connectivity index (χ3n) is 3.17. The number of rotatable bonds is 13. The van der Waals surface area contributed by atoms with Crippen molar-refractivity contribution >= 4 is 0 Å². The zero-order chi connectivity index (χ0) is 12.6. The van der Waals surface area contributed by atoms with Gasteiger partial charge in [-0.1, -0.05) is 64.0 Å². The molecule has 17 heavy (non-hydrogen) atoms. The lowest BCUT2D eigenvalue weighted by atomic mass is 10.1. The molecule has 0 aliphatic rings.